The van der Waals surface area contributed by atoms with Crippen LogP contribution in [-0.4, -0.2) is 32.4 Å². The number of phenols is 2. The van der Waals surface area contributed by atoms with E-state index in [1.807, 2.05) is 0 Å². The SMILES string of the molecule is O=C(O)c1ccc(C(=O)O)c(-c2c3ccc(O)cc3[o+]c3cc(O)ccc23)c1. The second-order valence-corrected chi connectivity index (χ2v) is 6.21. The van der Waals surface area contributed by atoms with Crippen LogP contribution in [0.3, 0.4) is 0 Å². The van der Waals surface area contributed by atoms with E-state index in [0.717, 1.165) is 0 Å². The Morgan fingerprint density at radius 1 is 0.714 bits per heavy atom. The Balaban J connectivity index is 2.22. The van der Waals surface area contributed by atoms with Gasteiger partial charge in [0.25, 0.3) is 0 Å². The summed E-state index contributed by atoms with van der Waals surface area (Å²) in [6.45, 7) is 0. The molecule has 7 heteroatoms. The van der Waals surface area contributed by atoms with Gasteiger partial charge in [-0.2, -0.15) is 0 Å². The van der Waals surface area contributed by atoms with E-state index in [0.29, 0.717) is 16.3 Å². The van der Waals surface area contributed by atoms with Crippen molar-refractivity contribution in [1.82, 2.24) is 0 Å². The lowest BCUT2D eigenvalue weighted by Gasteiger charge is -2.10. The van der Waals surface area contributed by atoms with E-state index in [2.05, 4.69) is 0 Å². The maximum atomic E-state index is 11.8. The standard InChI is InChI=1S/C21H12O7/c22-11-2-5-14-17(8-11)28-18-9-12(23)3-6-15(18)19(14)16-7-10(20(24)25)1-4-13(16)21(26)27/h1-9H,(H3-,22,23,24,25,26,27)/p+1. The van der Waals surface area contributed by atoms with Gasteiger partial charge in [-0.3, -0.25) is 0 Å². The summed E-state index contributed by atoms with van der Waals surface area (Å²) in [6.07, 6.45) is 0. The van der Waals surface area contributed by atoms with Crippen LogP contribution < -0.4 is 0 Å². The smallest absolute Gasteiger partial charge is 0.365 e. The lowest BCUT2D eigenvalue weighted by molar-refractivity contribution is 0.0682. The number of hydrogen-bond donors (Lipinski definition) is 4. The first-order chi connectivity index (χ1) is 13.3. The van der Waals surface area contributed by atoms with Crippen molar-refractivity contribution in [3.05, 3.63) is 65.7 Å². The summed E-state index contributed by atoms with van der Waals surface area (Å²) in [6, 6.07) is 12.5. The third kappa shape index (κ3) is 2.75. The topological polar surface area (TPSA) is 126 Å². The van der Waals surface area contributed by atoms with Crippen LogP contribution >= 0.6 is 0 Å². The van der Waals surface area contributed by atoms with E-state index in [-0.39, 0.29) is 39.4 Å². The zero-order chi connectivity index (χ0) is 20.0. The van der Waals surface area contributed by atoms with Gasteiger partial charge in [-0.25, -0.2) is 14.0 Å². The highest BCUT2D eigenvalue weighted by molar-refractivity contribution is 6.12. The Morgan fingerprint density at radius 2 is 1.29 bits per heavy atom. The van der Waals surface area contributed by atoms with Crippen LogP contribution in [0.15, 0.2) is 59.0 Å². The molecule has 1 aromatic heterocycles. The molecule has 7 nitrogen and oxygen atoms in total. The third-order valence-corrected chi connectivity index (χ3v) is 4.46. The van der Waals surface area contributed by atoms with Gasteiger partial charge in [-0.15, -0.1) is 0 Å². The number of fused-ring (bicyclic) bond motifs is 2. The number of benzene rings is 3. The molecule has 0 spiro atoms. The van der Waals surface area contributed by atoms with Crippen molar-refractivity contribution in [3.63, 3.8) is 0 Å². The summed E-state index contributed by atoms with van der Waals surface area (Å²) >= 11 is 0. The Bertz CT molecular complexity index is 1230. The van der Waals surface area contributed by atoms with Gasteiger partial charge in [0.05, 0.1) is 34.0 Å². The van der Waals surface area contributed by atoms with Crippen molar-refractivity contribution in [2.24, 2.45) is 0 Å². The fourth-order valence-electron chi connectivity index (χ4n) is 3.23. The van der Waals surface area contributed by atoms with E-state index in [1.54, 1.807) is 12.1 Å². The van der Waals surface area contributed by atoms with Gasteiger partial charge >= 0.3 is 23.1 Å². The Labute approximate surface area is 157 Å². The normalized spacial score (nSPS) is 11.0. The molecular weight excluding hydrogens is 364 g/mol. The Morgan fingerprint density at radius 3 is 1.79 bits per heavy atom. The number of carboxylic acid groups (broad SMARTS) is 2. The van der Waals surface area contributed by atoms with Crippen molar-refractivity contribution in [2.75, 3.05) is 0 Å². The van der Waals surface area contributed by atoms with Gasteiger partial charge in [-0.05, 0) is 48.0 Å². The predicted octanol–water partition coefficient (Wildman–Crippen LogP) is 4.34. The van der Waals surface area contributed by atoms with Crippen molar-refractivity contribution in [1.29, 1.82) is 0 Å². The largest absolute Gasteiger partial charge is 0.508 e. The van der Waals surface area contributed by atoms with Gasteiger partial charge < -0.3 is 20.4 Å². The summed E-state index contributed by atoms with van der Waals surface area (Å²) < 4.78 is 5.76. The van der Waals surface area contributed by atoms with E-state index < -0.39 is 11.9 Å². The molecule has 0 bridgehead atoms. The number of rotatable bonds is 3. The monoisotopic (exact) mass is 377 g/mol. The van der Waals surface area contributed by atoms with E-state index >= 15 is 0 Å². The van der Waals surface area contributed by atoms with Crippen molar-refractivity contribution < 1.29 is 34.4 Å². The molecule has 0 aliphatic heterocycles. The molecule has 0 unspecified atom stereocenters. The maximum Gasteiger partial charge on any atom is 0.365 e. The molecular formula is C21H13O7+. The van der Waals surface area contributed by atoms with E-state index in [4.69, 9.17) is 4.42 Å². The first-order valence-electron chi connectivity index (χ1n) is 8.18. The molecule has 0 saturated heterocycles. The fourth-order valence-corrected chi connectivity index (χ4v) is 3.23. The number of aromatic hydroxyl groups is 2. The summed E-state index contributed by atoms with van der Waals surface area (Å²) in [5, 5.41) is 39.6. The maximum absolute atomic E-state index is 11.8. The Kier molecular flexibility index (Phi) is 3.85. The molecule has 0 saturated carbocycles. The average molecular weight is 377 g/mol. The molecule has 0 aliphatic carbocycles. The molecule has 0 radical (unpaired) electrons. The highest BCUT2D eigenvalue weighted by Crippen LogP contribution is 2.40. The first-order valence-corrected chi connectivity index (χ1v) is 8.18. The second-order valence-electron chi connectivity index (χ2n) is 6.21. The molecule has 0 atom stereocenters. The van der Waals surface area contributed by atoms with Gasteiger partial charge in [0.2, 0.25) is 0 Å². The highest BCUT2D eigenvalue weighted by Gasteiger charge is 2.25. The first kappa shape index (κ1) is 17.3. The molecule has 3 aromatic carbocycles. The lowest BCUT2D eigenvalue weighted by atomic mass is 9.92. The van der Waals surface area contributed by atoms with Gasteiger partial charge in [0, 0.05) is 5.56 Å². The zero-order valence-electron chi connectivity index (χ0n) is 14.2. The summed E-state index contributed by atoms with van der Waals surface area (Å²) in [5.41, 5.74) is 0.973. The lowest BCUT2D eigenvalue weighted by Crippen LogP contribution is -2.04. The molecule has 0 fully saturated rings. The summed E-state index contributed by atoms with van der Waals surface area (Å²) in [7, 11) is 0. The quantitative estimate of drug-likeness (QED) is 0.309. The molecule has 0 amide bonds. The van der Waals surface area contributed by atoms with Crippen molar-refractivity contribution >= 4 is 33.9 Å². The van der Waals surface area contributed by atoms with Crippen molar-refractivity contribution in [2.45, 2.75) is 0 Å². The highest BCUT2D eigenvalue weighted by atomic mass is 16.4. The van der Waals surface area contributed by atoms with Crippen LogP contribution in [0.4, 0.5) is 0 Å². The molecule has 4 aromatic rings. The Hall–Kier alpha value is -4.13. The molecule has 1 heterocycles. The minimum Gasteiger partial charge on any atom is -0.508 e. The molecule has 4 N–H and O–H groups in total. The van der Waals surface area contributed by atoms with Crippen LogP contribution in [0.25, 0.3) is 33.1 Å². The molecule has 138 valence electrons. The molecule has 28 heavy (non-hydrogen) atoms. The van der Waals surface area contributed by atoms with Gasteiger partial charge in [0.1, 0.15) is 11.5 Å². The third-order valence-electron chi connectivity index (χ3n) is 4.46. The minimum atomic E-state index is -1.22. The zero-order valence-corrected chi connectivity index (χ0v) is 14.2. The number of phenolic OH excluding ortho intramolecular Hbond substituents is 2. The van der Waals surface area contributed by atoms with Crippen LogP contribution in [0.2, 0.25) is 0 Å². The fraction of sp³-hybridized carbons (Fsp3) is 0. The average Bonchev–Trinajstić information content (AvgIpc) is 2.65. The van der Waals surface area contributed by atoms with Crippen molar-refractivity contribution in [3.8, 4) is 22.6 Å². The van der Waals surface area contributed by atoms with Crippen LogP contribution in [0.5, 0.6) is 11.5 Å². The predicted molar refractivity (Wildman–Crippen MR) is 101 cm³/mol. The summed E-state index contributed by atoms with van der Waals surface area (Å²) in [5.74, 6) is -2.52. The molecule has 4 rings (SSSR count). The summed E-state index contributed by atoms with van der Waals surface area (Å²) in [4.78, 5) is 23.3. The minimum absolute atomic E-state index is 0.0561. The number of hydrogen-bond acceptors (Lipinski definition) is 4. The number of carboxylic acids is 2. The number of carbonyl (C=O) groups is 2. The van der Waals surface area contributed by atoms with Crippen LogP contribution in [0.1, 0.15) is 20.7 Å². The van der Waals surface area contributed by atoms with Gasteiger partial charge in [-0.1, -0.05) is 0 Å². The van der Waals surface area contributed by atoms with E-state index in [9.17, 15) is 30.0 Å². The van der Waals surface area contributed by atoms with E-state index in [1.165, 1.54) is 42.5 Å². The second kappa shape index (κ2) is 6.24. The van der Waals surface area contributed by atoms with Crippen LogP contribution in [0, 0.1) is 0 Å². The van der Waals surface area contributed by atoms with Crippen LogP contribution in [-0.2, 0) is 0 Å². The molecule has 0 aliphatic rings. The van der Waals surface area contributed by atoms with Gasteiger partial charge in [0.15, 0.2) is 0 Å². The number of aromatic carboxylic acids is 2.